The molecule has 4 rings (SSSR count). The third-order valence-electron chi connectivity index (χ3n) is 13.4. The zero-order valence-corrected chi connectivity index (χ0v) is 49.1. The maximum atomic E-state index is 14.3. The molecule has 0 aliphatic carbocycles. The van der Waals surface area contributed by atoms with Gasteiger partial charge in [-0.15, -0.1) is 0 Å². The number of methoxy groups -OCH3 is 3. The van der Waals surface area contributed by atoms with E-state index in [0.29, 0.717) is 36.1 Å². The molecular formula is C58H80N18O11. The molecule has 0 bridgehead atoms. The molecule has 1 aromatic heterocycles. The highest BCUT2D eigenvalue weighted by Crippen LogP contribution is 2.25. The number of pyridine rings is 1. The van der Waals surface area contributed by atoms with Gasteiger partial charge < -0.3 is 87.5 Å². The minimum Gasteiger partial charge on any atom is -0.496 e. The smallest absolute Gasteiger partial charge is 0.270 e. The summed E-state index contributed by atoms with van der Waals surface area (Å²) in [5, 5.41) is 8.33. The Balaban J connectivity index is 1.56. The number of amides is 4. The molecule has 4 atom stereocenters. The molecule has 468 valence electrons. The lowest BCUT2D eigenvalue weighted by atomic mass is 9.96. The molecule has 29 heteroatoms. The topological polar surface area (TPSA) is 523 Å². The average Bonchev–Trinajstić information content (AvgIpc) is 2.88. The molecule has 4 aromatic rings. The van der Waals surface area contributed by atoms with Gasteiger partial charge in [-0.2, -0.15) is 0 Å². The van der Waals surface area contributed by atoms with Gasteiger partial charge in [0.25, 0.3) is 23.6 Å². The molecule has 0 saturated carbocycles. The van der Waals surface area contributed by atoms with Crippen LogP contribution in [-0.2, 0) is 44.9 Å². The Kier molecular flexibility index (Phi) is 28.0. The van der Waals surface area contributed by atoms with E-state index in [-0.39, 0.29) is 159 Å². The maximum Gasteiger partial charge on any atom is 0.270 e. The lowest BCUT2D eigenvalue weighted by molar-refractivity contribution is -0.121. The van der Waals surface area contributed by atoms with Gasteiger partial charge in [-0.1, -0.05) is 24.3 Å². The Hall–Kier alpha value is -10.2. The van der Waals surface area contributed by atoms with E-state index in [1.54, 1.807) is 18.2 Å². The number of aliphatic imine (C=N–C) groups is 4. The Morgan fingerprint density at radius 2 is 0.782 bits per heavy atom. The van der Waals surface area contributed by atoms with Gasteiger partial charge in [0, 0.05) is 51.1 Å². The second-order valence-corrected chi connectivity index (χ2v) is 20.0. The molecule has 29 nitrogen and oxygen atoms in total. The molecule has 4 amide bonds. The molecule has 0 aliphatic heterocycles. The molecule has 0 aliphatic rings. The normalized spacial score (nSPS) is 12.1. The predicted octanol–water partition coefficient (Wildman–Crippen LogP) is -1.41. The van der Waals surface area contributed by atoms with Gasteiger partial charge in [-0.25, -0.2) is 4.98 Å². The van der Waals surface area contributed by atoms with E-state index in [1.165, 1.54) is 75.9 Å². The number of ether oxygens (including phenoxy) is 3. The van der Waals surface area contributed by atoms with E-state index >= 15 is 0 Å². The monoisotopic (exact) mass is 1200 g/mol. The van der Waals surface area contributed by atoms with Crippen molar-refractivity contribution in [2.75, 3.05) is 47.5 Å². The van der Waals surface area contributed by atoms with Crippen molar-refractivity contribution in [2.45, 2.75) is 101 Å². The van der Waals surface area contributed by atoms with Crippen LogP contribution in [0.25, 0.3) is 0 Å². The van der Waals surface area contributed by atoms with Gasteiger partial charge in [-0.05, 0) is 117 Å². The van der Waals surface area contributed by atoms with E-state index in [0.717, 1.165) is 0 Å². The zero-order valence-electron chi connectivity index (χ0n) is 49.1. The number of benzene rings is 3. The fourth-order valence-electron chi connectivity index (χ4n) is 8.97. The van der Waals surface area contributed by atoms with Gasteiger partial charge >= 0.3 is 0 Å². The Labute approximate surface area is 503 Å². The summed E-state index contributed by atoms with van der Waals surface area (Å²) in [5.74, 6) is -4.68. The second kappa shape index (κ2) is 35.2. The first-order chi connectivity index (χ1) is 41.4. The van der Waals surface area contributed by atoms with Gasteiger partial charge in [0.05, 0.1) is 68.6 Å². The van der Waals surface area contributed by atoms with Gasteiger partial charge in [0.15, 0.2) is 47.0 Å². The lowest BCUT2D eigenvalue weighted by Crippen LogP contribution is -2.43. The SMILES string of the molecule is COc1ccc(CC(=O)[C@@H](CCCN=C(N)N)NC(=O)c2cc(CC(=O)[C@@H](CCCN=C(N)N)NC(=O)c3cccc(CC(=O)[C@@H](CCCN=C(N)N)NC(=O)c4cc(CC(=O)[C@H](N)CCCN=C(N)N)ccc4OC)n3)ccc2OC)cc1C(N)=O. The summed E-state index contributed by atoms with van der Waals surface area (Å²) in [6, 6.07) is 13.9. The Morgan fingerprint density at radius 3 is 1.16 bits per heavy atom. The molecule has 0 spiro atoms. The average molecular weight is 1210 g/mol. The molecule has 0 saturated heterocycles. The molecule has 0 fully saturated rings. The first-order valence-electron chi connectivity index (χ1n) is 27.7. The summed E-state index contributed by atoms with van der Waals surface area (Å²) in [7, 11) is 4.08. The maximum absolute atomic E-state index is 14.3. The summed E-state index contributed by atoms with van der Waals surface area (Å²) in [4.78, 5) is 130. The Morgan fingerprint density at radius 1 is 0.437 bits per heavy atom. The van der Waals surface area contributed by atoms with Crippen molar-refractivity contribution in [2.24, 2.45) is 77.3 Å². The number of ketones is 4. The number of aromatic nitrogens is 1. The summed E-state index contributed by atoms with van der Waals surface area (Å²) < 4.78 is 16.2. The summed E-state index contributed by atoms with van der Waals surface area (Å²) in [6.07, 6.45) is 0.865. The van der Waals surface area contributed by atoms with E-state index in [9.17, 15) is 38.4 Å². The third kappa shape index (κ3) is 23.4. The van der Waals surface area contributed by atoms with Crippen molar-refractivity contribution < 1.29 is 52.6 Å². The van der Waals surface area contributed by atoms with E-state index in [2.05, 4.69) is 40.9 Å². The number of nitrogens with two attached hydrogens (primary N) is 10. The van der Waals surface area contributed by atoms with Crippen molar-refractivity contribution in [3.8, 4) is 17.2 Å². The highest BCUT2D eigenvalue weighted by atomic mass is 16.5. The number of rotatable bonds is 38. The van der Waals surface area contributed by atoms with E-state index < -0.39 is 65.1 Å². The van der Waals surface area contributed by atoms with Crippen LogP contribution in [0.1, 0.15) is 115 Å². The van der Waals surface area contributed by atoms with Crippen LogP contribution >= 0.6 is 0 Å². The number of primary amides is 1. The van der Waals surface area contributed by atoms with Crippen LogP contribution in [-0.4, -0.2) is 147 Å². The fraction of sp³-hybridized carbons (Fsp3) is 0.397. The molecule has 0 radical (unpaired) electrons. The zero-order chi connectivity index (χ0) is 64.2. The first kappa shape index (κ1) is 69.3. The second-order valence-electron chi connectivity index (χ2n) is 20.0. The Bertz CT molecular complexity index is 3210. The minimum atomic E-state index is -1.16. The molecular weight excluding hydrogens is 1120 g/mol. The van der Waals surface area contributed by atoms with Gasteiger partial charge in [0.1, 0.15) is 22.9 Å². The summed E-state index contributed by atoms with van der Waals surface area (Å²) >= 11 is 0. The number of hydrogen-bond acceptors (Lipinski definition) is 17. The number of carbonyl (C=O) groups is 8. The van der Waals surface area contributed by atoms with Crippen molar-refractivity contribution in [1.29, 1.82) is 0 Å². The van der Waals surface area contributed by atoms with E-state index in [4.69, 9.17) is 71.5 Å². The predicted molar refractivity (Wildman–Crippen MR) is 328 cm³/mol. The molecule has 0 unspecified atom stereocenters. The van der Waals surface area contributed by atoms with Crippen LogP contribution in [0.4, 0.5) is 0 Å². The van der Waals surface area contributed by atoms with Crippen molar-refractivity contribution in [3.05, 3.63) is 118 Å². The molecule has 3 aromatic carbocycles. The van der Waals surface area contributed by atoms with Crippen LogP contribution in [0, 0.1) is 0 Å². The molecule has 23 N–H and O–H groups in total. The fourth-order valence-corrected chi connectivity index (χ4v) is 8.97. The standard InChI is InChI=1S/C58H80N18O11/c1-85-48-18-15-32(25-36(48)51(60)81)29-45(78)40(12-6-22-70-56(63)64)74-52(82)38-27-34(17-20-50(38)87-3)30-46(79)41(13-7-23-71-57(65)66)76-54(84)43-11-4-9-35(73-43)31-47(80)42(14-8-24-72-58(67)68)75-53(83)37-26-33(16-19-49(37)86-2)28-44(77)39(59)10-5-21-69-55(61)62/h4,9,11,15-20,25-27,39-42H,5-8,10,12-14,21-24,28-31,59H2,1-3H3,(H2,60,81)(H,74,82)(H,75,83)(H,76,84)(H4,61,62,69)(H4,63,64,70)(H4,65,66,71)(H4,67,68,72)/t39-,40-,41-,42-/m1/s1. The number of guanidine groups is 4. The van der Waals surface area contributed by atoms with Gasteiger partial charge in [0.2, 0.25) is 0 Å². The van der Waals surface area contributed by atoms with Crippen LogP contribution in [0.15, 0.2) is 92.8 Å². The van der Waals surface area contributed by atoms with Crippen LogP contribution < -0.4 is 87.5 Å². The van der Waals surface area contributed by atoms with Crippen molar-refractivity contribution in [1.82, 2.24) is 20.9 Å². The van der Waals surface area contributed by atoms with Crippen molar-refractivity contribution in [3.63, 3.8) is 0 Å². The van der Waals surface area contributed by atoms with E-state index in [1.807, 2.05) is 0 Å². The highest BCUT2D eigenvalue weighted by molar-refractivity contribution is 6.03. The van der Waals surface area contributed by atoms with Crippen LogP contribution in [0.2, 0.25) is 0 Å². The minimum absolute atomic E-state index is 0.0162. The van der Waals surface area contributed by atoms with Gasteiger partial charge in [-0.3, -0.25) is 58.3 Å². The quantitative estimate of drug-likeness (QED) is 0.0139. The molecule has 87 heavy (non-hydrogen) atoms. The van der Waals surface area contributed by atoms with Crippen LogP contribution in [0.5, 0.6) is 17.2 Å². The number of hydrogen-bond donors (Lipinski definition) is 13. The number of nitrogens with one attached hydrogen (secondary N) is 3. The number of nitrogens with zero attached hydrogens (tertiary/aromatic N) is 5. The lowest BCUT2D eigenvalue weighted by Gasteiger charge is -2.20. The third-order valence-corrected chi connectivity index (χ3v) is 13.4. The number of carbonyl (C=O) groups excluding carboxylic acids is 8. The highest BCUT2D eigenvalue weighted by Gasteiger charge is 2.28. The molecule has 1 heterocycles. The van der Waals surface area contributed by atoms with Crippen LogP contribution in [0.3, 0.4) is 0 Å². The number of Topliss-reactive ketones (excluding diaryl/α,β-unsaturated/α-hetero) is 4. The summed E-state index contributed by atoms with van der Waals surface area (Å²) in [5.41, 5.74) is 57.0. The van der Waals surface area contributed by atoms with Crippen molar-refractivity contribution >= 4 is 70.6 Å². The largest absolute Gasteiger partial charge is 0.496 e. The summed E-state index contributed by atoms with van der Waals surface area (Å²) in [6.45, 7) is 0.694. The first-order valence-corrected chi connectivity index (χ1v) is 27.7.